The Kier molecular flexibility index (Phi) is 5.61. The summed E-state index contributed by atoms with van der Waals surface area (Å²) in [4.78, 5) is 16.0. The zero-order valence-corrected chi connectivity index (χ0v) is 14.5. The van der Waals surface area contributed by atoms with E-state index in [-0.39, 0.29) is 18.2 Å². The van der Waals surface area contributed by atoms with Gasteiger partial charge in [-0.3, -0.25) is 4.79 Å². The lowest BCUT2D eigenvalue weighted by molar-refractivity contribution is -0.118. The minimum atomic E-state index is -0.720. The van der Waals surface area contributed by atoms with Gasteiger partial charge in [-0.05, 0) is 43.3 Å². The molecule has 3 aromatic rings. The molecule has 0 unspecified atom stereocenters. The van der Waals surface area contributed by atoms with Gasteiger partial charge in [0.15, 0.2) is 6.61 Å². The average molecular weight is 369 g/mol. The van der Waals surface area contributed by atoms with E-state index in [1.54, 1.807) is 24.3 Å². The molecule has 0 saturated heterocycles. The number of hydrogen-bond acceptors (Lipinski definition) is 4. The predicted molar refractivity (Wildman–Crippen MR) is 99.2 cm³/mol. The van der Waals surface area contributed by atoms with Gasteiger partial charge in [0.05, 0.1) is 17.6 Å². The van der Waals surface area contributed by atoms with Gasteiger partial charge in [0.25, 0.3) is 5.91 Å². The molecule has 0 bridgehead atoms. The minimum absolute atomic E-state index is 0.104. The molecule has 0 fully saturated rings. The summed E-state index contributed by atoms with van der Waals surface area (Å²) in [5.41, 5.74) is 1.68. The van der Waals surface area contributed by atoms with E-state index in [9.17, 15) is 13.6 Å². The van der Waals surface area contributed by atoms with Crippen molar-refractivity contribution in [3.8, 4) is 5.75 Å². The molecular formula is C20H17F2N3O2. The molecule has 5 nitrogen and oxygen atoms in total. The van der Waals surface area contributed by atoms with Crippen molar-refractivity contribution in [1.29, 1.82) is 0 Å². The molecule has 0 aliphatic rings. The van der Waals surface area contributed by atoms with Crippen LogP contribution in [0.5, 0.6) is 5.75 Å². The van der Waals surface area contributed by atoms with E-state index in [0.29, 0.717) is 17.3 Å². The van der Waals surface area contributed by atoms with Crippen molar-refractivity contribution in [2.24, 2.45) is 0 Å². The molecule has 0 radical (unpaired) electrons. The van der Waals surface area contributed by atoms with E-state index in [1.165, 1.54) is 12.3 Å². The number of carbonyl (C=O) groups excluding carboxylic acids is 1. The van der Waals surface area contributed by atoms with Gasteiger partial charge >= 0.3 is 0 Å². The summed E-state index contributed by atoms with van der Waals surface area (Å²) in [6.07, 6.45) is 1.42. The number of aryl methyl sites for hydroxylation is 1. The fourth-order valence-electron chi connectivity index (χ4n) is 2.25. The maximum Gasteiger partial charge on any atom is 0.262 e. The first kappa shape index (κ1) is 18.3. The van der Waals surface area contributed by atoms with Crippen LogP contribution >= 0.6 is 0 Å². The summed E-state index contributed by atoms with van der Waals surface area (Å²) in [6, 6.07) is 13.8. The van der Waals surface area contributed by atoms with Crippen molar-refractivity contribution in [2.45, 2.75) is 6.92 Å². The zero-order chi connectivity index (χ0) is 19.2. The number of anilines is 3. The van der Waals surface area contributed by atoms with Crippen LogP contribution in [0, 0.1) is 18.6 Å². The Morgan fingerprint density at radius 2 is 1.85 bits per heavy atom. The Bertz CT molecular complexity index is 929. The molecule has 1 heterocycles. The quantitative estimate of drug-likeness (QED) is 0.675. The molecular weight excluding hydrogens is 352 g/mol. The third-order valence-electron chi connectivity index (χ3n) is 3.63. The fraction of sp³-hybridized carbons (Fsp3) is 0.100. The lowest BCUT2D eigenvalue weighted by Crippen LogP contribution is -2.20. The van der Waals surface area contributed by atoms with Crippen LogP contribution in [-0.2, 0) is 4.79 Å². The SMILES string of the molecule is Cc1ccc(OCC(=O)Nc2ccc(Nc3ccc(F)cc3F)nc2)cc1. The van der Waals surface area contributed by atoms with Gasteiger partial charge in [-0.2, -0.15) is 0 Å². The molecule has 0 spiro atoms. The van der Waals surface area contributed by atoms with Crippen LogP contribution in [0.2, 0.25) is 0 Å². The molecule has 3 rings (SSSR count). The van der Waals surface area contributed by atoms with Crippen molar-refractivity contribution in [3.63, 3.8) is 0 Å². The first-order valence-electron chi connectivity index (χ1n) is 8.17. The van der Waals surface area contributed by atoms with E-state index in [1.807, 2.05) is 19.1 Å². The van der Waals surface area contributed by atoms with Gasteiger partial charge < -0.3 is 15.4 Å². The number of halogens is 2. The van der Waals surface area contributed by atoms with Crippen molar-refractivity contribution >= 4 is 23.1 Å². The molecule has 1 amide bonds. The van der Waals surface area contributed by atoms with Crippen LogP contribution in [0.15, 0.2) is 60.8 Å². The summed E-state index contributed by atoms with van der Waals surface area (Å²) in [5, 5.41) is 5.40. The zero-order valence-electron chi connectivity index (χ0n) is 14.5. The first-order chi connectivity index (χ1) is 13.0. The number of nitrogens with zero attached hydrogens (tertiary/aromatic N) is 1. The van der Waals surface area contributed by atoms with Crippen LogP contribution in [-0.4, -0.2) is 17.5 Å². The average Bonchev–Trinajstić information content (AvgIpc) is 2.65. The maximum absolute atomic E-state index is 13.6. The van der Waals surface area contributed by atoms with Crippen molar-refractivity contribution in [1.82, 2.24) is 4.98 Å². The number of carbonyl (C=O) groups is 1. The second-order valence-corrected chi connectivity index (χ2v) is 5.83. The number of ether oxygens (including phenoxy) is 1. The lowest BCUT2D eigenvalue weighted by Gasteiger charge is -2.09. The van der Waals surface area contributed by atoms with Gasteiger partial charge in [0.2, 0.25) is 0 Å². The predicted octanol–water partition coefficient (Wildman–Crippen LogP) is 4.43. The first-order valence-corrected chi connectivity index (χ1v) is 8.17. The molecule has 2 N–H and O–H groups in total. The van der Waals surface area contributed by atoms with E-state index < -0.39 is 11.6 Å². The molecule has 0 saturated carbocycles. The van der Waals surface area contributed by atoms with Gasteiger partial charge in [-0.25, -0.2) is 13.8 Å². The van der Waals surface area contributed by atoms with Gasteiger partial charge in [0, 0.05) is 6.07 Å². The molecule has 0 atom stereocenters. The smallest absolute Gasteiger partial charge is 0.262 e. The van der Waals surface area contributed by atoms with E-state index in [0.717, 1.165) is 17.7 Å². The van der Waals surface area contributed by atoms with E-state index >= 15 is 0 Å². The summed E-state index contributed by atoms with van der Waals surface area (Å²) >= 11 is 0. The Hall–Kier alpha value is -3.48. The Balaban J connectivity index is 1.53. The van der Waals surface area contributed by atoms with Crippen LogP contribution in [0.25, 0.3) is 0 Å². The summed E-state index contributed by atoms with van der Waals surface area (Å²) in [7, 11) is 0. The lowest BCUT2D eigenvalue weighted by atomic mass is 10.2. The van der Waals surface area contributed by atoms with E-state index in [4.69, 9.17) is 4.74 Å². The van der Waals surface area contributed by atoms with Crippen molar-refractivity contribution in [3.05, 3.63) is 78.0 Å². The Labute approximate surface area is 155 Å². The highest BCUT2D eigenvalue weighted by molar-refractivity contribution is 5.91. The second kappa shape index (κ2) is 8.27. The van der Waals surface area contributed by atoms with Crippen molar-refractivity contribution in [2.75, 3.05) is 17.2 Å². The standard InChI is InChI=1S/C20H17F2N3O2/c1-13-2-6-16(7-3-13)27-12-20(26)24-15-5-9-19(23-11-15)25-18-8-4-14(21)10-17(18)22/h2-11H,12H2,1H3,(H,23,25)(H,24,26). The molecule has 27 heavy (non-hydrogen) atoms. The fourth-order valence-corrected chi connectivity index (χ4v) is 2.25. The molecule has 0 aliphatic heterocycles. The third-order valence-corrected chi connectivity index (χ3v) is 3.63. The number of amides is 1. The molecule has 0 aliphatic carbocycles. The summed E-state index contributed by atoms with van der Waals surface area (Å²) in [6.45, 7) is 1.83. The number of rotatable bonds is 6. The van der Waals surface area contributed by atoms with Crippen LogP contribution < -0.4 is 15.4 Å². The topological polar surface area (TPSA) is 63.2 Å². The highest BCUT2D eigenvalue weighted by Gasteiger charge is 2.07. The van der Waals surface area contributed by atoms with Gasteiger partial charge in [-0.1, -0.05) is 17.7 Å². The van der Waals surface area contributed by atoms with Gasteiger partial charge in [0.1, 0.15) is 23.2 Å². The Morgan fingerprint density at radius 3 is 2.52 bits per heavy atom. The number of hydrogen-bond donors (Lipinski definition) is 2. The second-order valence-electron chi connectivity index (χ2n) is 5.83. The molecule has 7 heteroatoms. The molecule has 2 aromatic carbocycles. The van der Waals surface area contributed by atoms with Crippen LogP contribution in [0.3, 0.4) is 0 Å². The number of benzene rings is 2. The van der Waals surface area contributed by atoms with Crippen molar-refractivity contribution < 1.29 is 18.3 Å². The van der Waals surface area contributed by atoms with Gasteiger partial charge in [-0.15, -0.1) is 0 Å². The van der Waals surface area contributed by atoms with E-state index in [2.05, 4.69) is 15.6 Å². The molecule has 1 aromatic heterocycles. The highest BCUT2D eigenvalue weighted by Crippen LogP contribution is 2.20. The summed E-state index contributed by atoms with van der Waals surface area (Å²) < 4.78 is 32.0. The van der Waals surface area contributed by atoms with Crippen LogP contribution in [0.4, 0.5) is 26.0 Å². The summed E-state index contributed by atoms with van der Waals surface area (Å²) in [5.74, 6) is -0.744. The number of aromatic nitrogens is 1. The maximum atomic E-state index is 13.6. The highest BCUT2D eigenvalue weighted by atomic mass is 19.1. The Morgan fingerprint density at radius 1 is 1.07 bits per heavy atom. The normalized spacial score (nSPS) is 10.3. The number of nitrogens with one attached hydrogen (secondary N) is 2. The number of pyridine rings is 1. The molecule has 138 valence electrons. The van der Waals surface area contributed by atoms with Crippen LogP contribution in [0.1, 0.15) is 5.56 Å². The monoisotopic (exact) mass is 369 g/mol. The third kappa shape index (κ3) is 5.24. The largest absolute Gasteiger partial charge is 0.484 e. The minimum Gasteiger partial charge on any atom is -0.484 e.